The van der Waals surface area contributed by atoms with Crippen LogP contribution >= 0.6 is 23.2 Å². The maximum atomic E-state index is 12.1. The van der Waals surface area contributed by atoms with Gasteiger partial charge in [0, 0.05) is 28.7 Å². The van der Waals surface area contributed by atoms with Crippen LogP contribution in [0.5, 0.6) is 0 Å². The molecule has 0 radical (unpaired) electrons. The van der Waals surface area contributed by atoms with Crippen molar-refractivity contribution in [3.05, 3.63) is 33.8 Å². The van der Waals surface area contributed by atoms with E-state index in [4.69, 9.17) is 28.3 Å². The van der Waals surface area contributed by atoms with Crippen molar-refractivity contribution in [1.29, 1.82) is 0 Å². The maximum Gasteiger partial charge on any atom is 0.308 e. The molecule has 1 saturated heterocycles. The number of carbonyl (C=O) groups is 2. The van der Waals surface area contributed by atoms with Gasteiger partial charge in [-0.15, -0.1) is 0 Å². The van der Waals surface area contributed by atoms with E-state index in [1.54, 1.807) is 6.07 Å². The number of rotatable bonds is 2. The lowest BCUT2D eigenvalue weighted by Gasteiger charge is -2.16. The van der Waals surface area contributed by atoms with Crippen molar-refractivity contribution in [3.8, 4) is 0 Å². The van der Waals surface area contributed by atoms with E-state index in [-0.39, 0.29) is 12.5 Å². The molecule has 0 aliphatic carbocycles. The summed E-state index contributed by atoms with van der Waals surface area (Å²) in [5.41, 5.74) is 0.388. The standard InChI is InChI=1S/C12H11Cl2NO3/c13-9-3-8(4-10(14)5-9)11(16)15-2-1-7(6-15)12(17)18/h3-5,7H,1-2,6H2,(H,17,18)/t7-/m0/s1. The van der Waals surface area contributed by atoms with E-state index in [2.05, 4.69) is 0 Å². The first kappa shape index (κ1) is 13.2. The summed E-state index contributed by atoms with van der Waals surface area (Å²) in [4.78, 5) is 24.5. The number of carboxylic acid groups (broad SMARTS) is 1. The molecule has 18 heavy (non-hydrogen) atoms. The lowest BCUT2D eigenvalue weighted by atomic mass is 10.1. The number of nitrogens with zero attached hydrogens (tertiary/aromatic N) is 1. The van der Waals surface area contributed by atoms with Crippen molar-refractivity contribution in [3.63, 3.8) is 0 Å². The molecule has 1 heterocycles. The second kappa shape index (κ2) is 5.16. The molecule has 0 spiro atoms. The molecule has 96 valence electrons. The Balaban J connectivity index is 2.15. The molecule has 0 saturated carbocycles. The van der Waals surface area contributed by atoms with Crippen LogP contribution in [-0.4, -0.2) is 35.0 Å². The molecule has 0 bridgehead atoms. The summed E-state index contributed by atoms with van der Waals surface area (Å²) in [7, 11) is 0. The largest absolute Gasteiger partial charge is 0.481 e. The van der Waals surface area contributed by atoms with Crippen LogP contribution in [0.2, 0.25) is 10.0 Å². The van der Waals surface area contributed by atoms with E-state index >= 15 is 0 Å². The molecular weight excluding hydrogens is 277 g/mol. The van der Waals surface area contributed by atoms with Gasteiger partial charge in [0.05, 0.1) is 5.92 Å². The minimum Gasteiger partial charge on any atom is -0.481 e. The quantitative estimate of drug-likeness (QED) is 0.909. The SMILES string of the molecule is O=C(O)[C@H]1CCN(C(=O)c2cc(Cl)cc(Cl)c2)C1. The number of hydrogen-bond acceptors (Lipinski definition) is 2. The zero-order valence-electron chi connectivity index (χ0n) is 9.40. The predicted octanol–water partition coefficient (Wildman–Crippen LogP) is 2.54. The number of hydrogen-bond donors (Lipinski definition) is 1. The van der Waals surface area contributed by atoms with Crippen molar-refractivity contribution < 1.29 is 14.7 Å². The summed E-state index contributed by atoms with van der Waals surface area (Å²) in [6, 6.07) is 4.61. The Morgan fingerprint density at radius 3 is 2.33 bits per heavy atom. The van der Waals surface area contributed by atoms with Crippen LogP contribution in [0.15, 0.2) is 18.2 Å². The summed E-state index contributed by atoms with van der Waals surface area (Å²) in [6.45, 7) is 0.679. The van der Waals surface area contributed by atoms with Gasteiger partial charge in [-0.05, 0) is 24.6 Å². The predicted molar refractivity (Wildman–Crippen MR) is 68.1 cm³/mol. The molecule has 1 fully saturated rings. The van der Waals surface area contributed by atoms with Crippen LogP contribution in [0.4, 0.5) is 0 Å². The molecular formula is C12H11Cl2NO3. The summed E-state index contributed by atoms with van der Waals surface area (Å²) in [5, 5.41) is 9.67. The van der Waals surface area contributed by atoms with E-state index in [1.807, 2.05) is 0 Å². The highest BCUT2D eigenvalue weighted by atomic mass is 35.5. The molecule has 1 amide bonds. The number of likely N-dealkylation sites (tertiary alicyclic amines) is 1. The van der Waals surface area contributed by atoms with Gasteiger partial charge < -0.3 is 10.0 Å². The van der Waals surface area contributed by atoms with Gasteiger partial charge >= 0.3 is 5.97 Å². The van der Waals surface area contributed by atoms with Gasteiger partial charge in [0.15, 0.2) is 0 Å². The van der Waals surface area contributed by atoms with Crippen molar-refractivity contribution in [1.82, 2.24) is 4.90 Å². The fourth-order valence-corrected chi connectivity index (χ4v) is 2.53. The third-order valence-corrected chi connectivity index (χ3v) is 3.37. The van der Waals surface area contributed by atoms with Crippen molar-refractivity contribution in [2.45, 2.75) is 6.42 Å². The highest BCUT2D eigenvalue weighted by Gasteiger charge is 2.31. The van der Waals surface area contributed by atoms with Crippen LogP contribution in [-0.2, 0) is 4.79 Å². The van der Waals surface area contributed by atoms with Crippen LogP contribution in [0.3, 0.4) is 0 Å². The highest BCUT2D eigenvalue weighted by molar-refractivity contribution is 6.35. The Kier molecular flexibility index (Phi) is 3.78. The Hall–Kier alpha value is -1.26. The van der Waals surface area contributed by atoms with Crippen LogP contribution in [0.1, 0.15) is 16.8 Å². The fraction of sp³-hybridized carbons (Fsp3) is 0.333. The Morgan fingerprint density at radius 1 is 1.22 bits per heavy atom. The van der Waals surface area contributed by atoms with Crippen LogP contribution in [0, 0.1) is 5.92 Å². The topological polar surface area (TPSA) is 57.6 Å². The summed E-state index contributed by atoms with van der Waals surface area (Å²) < 4.78 is 0. The second-order valence-electron chi connectivity index (χ2n) is 4.23. The molecule has 1 aliphatic rings. The zero-order valence-corrected chi connectivity index (χ0v) is 10.9. The molecule has 6 heteroatoms. The Bertz CT molecular complexity index is 484. The minimum atomic E-state index is -0.866. The normalized spacial score (nSPS) is 19.0. The first-order chi connectivity index (χ1) is 8.47. The van der Waals surface area contributed by atoms with Crippen molar-refractivity contribution in [2.24, 2.45) is 5.92 Å². The highest BCUT2D eigenvalue weighted by Crippen LogP contribution is 2.23. The monoisotopic (exact) mass is 287 g/mol. The molecule has 1 aromatic rings. The molecule has 1 aromatic carbocycles. The van der Waals surface area contributed by atoms with Gasteiger partial charge in [0.1, 0.15) is 0 Å². The molecule has 1 N–H and O–H groups in total. The lowest BCUT2D eigenvalue weighted by Crippen LogP contribution is -2.29. The van der Waals surface area contributed by atoms with Gasteiger partial charge in [-0.3, -0.25) is 9.59 Å². The van der Waals surface area contributed by atoms with Gasteiger partial charge in [-0.25, -0.2) is 0 Å². The van der Waals surface area contributed by atoms with E-state index in [1.165, 1.54) is 17.0 Å². The van der Waals surface area contributed by atoms with Crippen molar-refractivity contribution in [2.75, 3.05) is 13.1 Å². The van der Waals surface area contributed by atoms with Crippen LogP contribution < -0.4 is 0 Å². The molecule has 0 unspecified atom stereocenters. The van der Waals surface area contributed by atoms with E-state index in [0.29, 0.717) is 28.6 Å². The zero-order chi connectivity index (χ0) is 13.3. The third kappa shape index (κ3) is 2.76. The first-order valence-corrected chi connectivity index (χ1v) is 6.21. The van der Waals surface area contributed by atoms with Gasteiger partial charge in [0.25, 0.3) is 5.91 Å². The van der Waals surface area contributed by atoms with Crippen LogP contribution in [0.25, 0.3) is 0 Å². The fourth-order valence-electron chi connectivity index (χ4n) is 2.01. The summed E-state index contributed by atoms with van der Waals surface area (Å²) >= 11 is 11.7. The molecule has 1 atom stereocenters. The molecule has 1 aliphatic heterocycles. The third-order valence-electron chi connectivity index (χ3n) is 2.93. The number of aliphatic carboxylic acids is 1. The molecule has 4 nitrogen and oxygen atoms in total. The Labute approximate surface area is 114 Å². The minimum absolute atomic E-state index is 0.233. The van der Waals surface area contributed by atoms with Gasteiger partial charge in [-0.2, -0.15) is 0 Å². The summed E-state index contributed by atoms with van der Waals surface area (Å²) in [5.74, 6) is -1.58. The van der Waals surface area contributed by atoms with E-state index in [0.717, 1.165) is 0 Å². The van der Waals surface area contributed by atoms with E-state index < -0.39 is 11.9 Å². The summed E-state index contributed by atoms with van der Waals surface area (Å²) in [6.07, 6.45) is 0.482. The first-order valence-electron chi connectivity index (χ1n) is 5.45. The number of benzene rings is 1. The number of halogens is 2. The lowest BCUT2D eigenvalue weighted by molar-refractivity contribution is -0.141. The van der Waals surface area contributed by atoms with Crippen molar-refractivity contribution >= 4 is 35.1 Å². The average Bonchev–Trinajstić information content (AvgIpc) is 2.75. The number of carboxylic acids is 1. The van der Waals surface area contributed by atoms with E-state index in [9.17, 15) is 9.59 Å². The smallest absolute Gasteiger partial charge is 0.308 e. The number of carbonyl (C=O) groups excluding carboxylic acids is 1. The number of amides is 1. The Morgan fingerprint density at radius 2 is 1.83 bits per heavy atom. The van der Waals surface area contributed by atoms with Gasteiger partial charge in [-0.1, -0.05) is 23.2 Å². The molecule has 0 aromatic heterocycles. The van der Waals surface area contributed by atoms with Gasteiger partial charge in [0.2, 0.25) is 0 Å². The molecule has 2 rings (SSSR count). The maximum absolute atomic E-state index is 12.1. The second-order valence-corrected chi connectivity index (χ2v) is 5.11. The average molecular weight is 288 g/mol.